The van der Waals surface area contributed by atoms with Gasteiger partial charge in [-0.3, -0.25) is 14.4 Å². The molecule has 1 saturated heterocycles. The van der Waals surface area contributed by atoms with Crippen LogP contribution in [0.25, 0.3) is 11.0 Å². The van der Waals surface area contributed by atoms with Gasteiger partial charge in [-0.1, -0.05) is 35.5 Å². The summed E-state index contributed by atoms with van der Waals surface area (Å²) in [6.45, 7) is 3.48. The lowest BCUT2D eigenvalue weighted by molar-refractivity contribution is -0.117. The van der Waals surface area contributed by atoms with Crippen LogP contribution in [0, 0.1) is 0 Å². The second kappa shape index (κ2) is 10.0. The zero-order valence-corrected chi connectivity index (χ0v) is 20.3. The maximum atomic E-state index is 12.8. The Morgan fingerprint density at radius 2 is 1.82 bits per heavy atom. The maximum absolute atomic E-state index is 12.8. The van der Waals surface area contributed by atoms with Crippen molar-refractivity contribution in [3.63, 3.8) is 0 Å². The van der Waals surface area contributed by atoms with Crippen LogP contribution in [0.5, 0.6) is 0 Å². The Kier molecular flexibility index (Phi) is 6.66. The number of amides is 1. The molecule has 4 aromatic rings. The van der Waals surface area contributed by atoms with E-state index in [2.05, 4.69) is 30.2 Å². The summed E-state index contributed by atoms with van der Waals surface area (Å²) in [5.74, 6) is 0.879. The number of halogens is 1. The van der Waals surface area contributed by atoms with Crippen LogP contribution in [0.15, 0.2) is 70.8 Å². The number of rotatable bonds is 6. The normalized spacial score (nSPS) is 14.5. The van der Waals surface area contributed by atoms with Gasteiger partial charge in [0, 0.05) is 48.0 Å². The van der Waals surface area contributed by atoms with E-state index in [1.165, 1.54) is 0 Å². The first-order chi connectivity index (χ1) is 16.6. The number of anilines is 2. The molecule has 0 bridgehead atoms. The number of piperazine rings is 1. The van der Waals surface area contributed by atoms with E-state index >= 15 is 0 Å². The van der Waals surface area contributed by atoms with Crippen molar-refractivity contribution in [2.75, 3.05) is 42.9 Å². The molecule has 0 saturated carbocycles. The SMILES string of the molecule is Cn1ncc2c(N3CCN(CC(=O)Nc4ccccc4Sc4ccc(Cl)cc4)CC3)ncnc21. The third kappa shape index (κ3) is 5.01. The Bertz CT molecular complexity index is 1300. The van der Waals surface area contributed by atoms with Gasteiger partial charge in [0.2, 0.25) is 5.91 Å². The molecule has 0 radical (unpaired) electrons. The molecule has 0 spiro atoms. The summed E-state index contributed by atoms with van der Waals surface area (Å²) in [4.78, 5) is 28.1. The first kappa shape index (κ1) is 22.6. The van der Waals surface area contributed by atoms with E-state index in [9.17, 15) is 4.79 Å². The van der Waals surface area contributed by atoms with Crippen molar-refractivity contribution in [3.05, 3.63) is 66.1 Å². The Morgan fingerprint density at radius 3 is 2.62 bits per heavy atom. The Labute approximate surface area is 206 Å². The van der Waals surface area contributed by atoms with E-state index in [0.717, 1.165) is 58.5 Å². The number of carbonyl (C=O) groups is 1. The third-order valence-corrected chi connectivity index (χ3v) is 7.09. The highest BCUT2D eigenvalue weighted by Gasteiger charge is 2.22. The highest BCUT2D eigenvalue weighted by Crippen LogP contribution is 2.34. The minimum absolute atomic E-state index is 0.0192. The van der Waals surface area contributed by atoms with Crippen LogP contribution in [0.4, 0.5) is 11.5 Å². The van der Waals surface area contributed by atoms with Gasteiger partial charge in [0.25, 0.3) is 0 Å². The van der Waals surface area contributed by atoms with Crippen molar-refractivity contribution in [1.82, 2.24) is 24.6 Å². The fraction of sp³-hybridized carbons (Fsp3) is 0.250. The molecule has 174 valence electrons. The van der Waals surface area contributed by atoms with Gasteiger partial charge in [0.05, 0.1) is 23.8 Å². The van der Waals surface area contributed by atoms with Gasteiger partial charge in [-0.05, 0) is 36.4 Å². The first-order valence-corrected chi connectivity index (χ1v) is 12.2. The Hall–Kier alpha value is -3.14. The Morgan fingerprint density at radius 1 is 1.06 bits per heavy atom. The summed E-state index contributed by atoms with van der Waals surface area (Å²) in [5, 5.41) is 9.04. The second-order valence-corrected chi connectivity index (χ2v) is 9.62. The summed E-state index contributed by atoms with van der Waals surface area (Å²) in [7, 11) is 1.88. The smallest absolute Gasteiger partial charge is 0.238 e. The van der Waals surface area contributed by atoms with E-state index in [1.54, 1.807) is 22.8 Å². The molecule has 5 rings (SSSR count). The third-order valence-electron chi connectivity index (χ3n) is 5.75. The summed E-state index contributed by atoms with van der Waals surface area (Å²) < 4.78 is 1.75. The molecule has 10 heteroatoms. The predicted molar refractivity (Wildman–Crippen MR) is 136 cm³/mol. The number of hydrogen-bond donors (Lipinski definition) is 1. The van der Waals surface area contributed by atoms with Gasteiger partial charge >= 0.3 is 0 Å². The maximum Gasteiger partial charge on any atom is 0.238 e. The van der Waals surface area contributed by atoms with Crippen LogP contribution < -0.4 is 10.2 Å². The molecule has 0 atom stereocenters. The summed E-state index contributed by atoms with van der Waals surface area (Å²) >= 11 is 7.59. The largest absolute Gasteiger partial charge is 0.353 e. The number of para-hydroxylation sites is 1. The lowest BCUT2D eigenvalue weighted by Crippen LogP contribution is -2.49. The molecule has 2 aromatic carbocycles. The van der Waals surface area contributed by atoms with Gasteiger partial charge in [0.15, 0.2) is 5.65 Å². The van der Waals surface area contributed by atoms with Crippen LogP contribution in [-0.2, 0) is 11.8 Å². The highest BCUT2D eigenvalue weighted by molar-refractivity contribution is 7.99. The molecule has 0 unspecified atom stereocenters. The van der Waals surface area contributed by atoms with E-state index < -0.39 is 0 Å². The second-order valence-electron chi connectivity index (χ2n) is 8.07. The van der Waals surface area contributed by atoms with E-state index in [0.29, 0.717) is 11.6 Å². The number of fused-ring (bicyclic) bond motifs is 1. The van der Waals surface area contributed by atoms with Gasteiger partial charge < -0.3 is 10.2 Å². The molecule has 8 nitrogen and oxygen atoms in total. The predicted octanol–water partition coefficient (Wildman–Crippen LogP) is 3.93. The molecule has 1 fully saturated rings. The summed E-state index contributed by atoms with van der Waals surface area (Å²) in [5.41, 5.74) is 1.63. The molecule has 1 amide bonds. The number of hydrogen-bond acceptors (Lipinski definition) is 7. The summed E-state index contributed by atoms with van der Waals surface area (Å²) in [6.07, 6.45) is 3.39. The number of nitrogens with zero attached hydrogens (tertiary/aromatic N) is 6. The van der Waals surface area contributed by atoms with E-state index in [-0.39, 0.29) is 5.91 Å². The zero-order valence-electron chi connectivity index (χ0n) is 18.7. The number of carbonyl (C=O) groups excluding carboxylic acids is 1. The van der Waals surface area contributed by atoms with Gasteiger partial charge in [-0.15, -0.1) is 0 Å². The quantitative estimate of drug-likeness (QED) is 0.436. The van der Waals surface area contributed by atoms with Crippen molar-refractivity contribution in [1.29, 1.82) is 0 Å². The first-order valence-electron chi connectivity index (χ1n) is 11.0. The monoisotopic (exact) mass is 493 g/mol. The fourth-order valence-corrected chi connectivity index (χ4v) is 5.03. The van der Waals surface area contributed by atoms with Gasteiger partial charge in [0.1, 0.15) is 12.1 Å². The Balaban J connectivity index is 1.18. The molecule has 1 aliphatic rings. The van der Waals surface area contributed by atoms with Crippen LogP contribution in [0.1, 0.15) is 0 Å². The minimum atomic E-state index is -0.0192. The van der Waals surface area contributed by atoms with Crippen molar-refractivity contribution in [2.45, 2.75) is 9.79 Å². The van der Waals surface area contributed by atoms with Crippen LogP contribution >= 0.6 is 23.4 Å². The zero-order chi connectivity index (χ0) is 23.5. The molecule has 2 aromatic heterocycles. The number of aromatic nitrogens is 4. The minimum Gasteiger partial charge on any atom is -0.353 e. The topological polar surface area (TPSA) is 79.2 Å². The van der Waals surface area contributed by atoms with Crippen LogP contribution in [0.2, 0.25) is 5.02 Å². The number of aryl methyl sites for hydroxylation is 1. The van der Waals surface area contributed by atoms with Gasteiger partial charge in [-0.25, -0.2) is 9.97 Å². The average Bonchev–Trinajstić information content (AvgIpc) is 3.23. The standard InChI is InChI=1S/C24H24ClN7OS/c1-30-23-19(14-28-30)24(27-16-26-23)32-12-10-31(11-13-32)15-22(33)29-20-4-2-3-5-21(20)34-18-8-6-17(25)7-9-18/h2-9,14,16H,10-13,15H2,1H3,(H,29,33). The van der Waals surface area contributed by atoms with Crippen molar-refractivity contribution in [2.24, 2.45) is 7.05 Å². The molecular weight excluding hydrogens is 470 g/mol. The van der Waals surface area contributed by atoms with Crippen LogP contribution in [-0.4, -0.2) is 63.3 Å². The summed E-state index contributed by atoms with van der Waals surface area (Å²) in [6, 6.07) is 15.5. The van der Waals surface area contributed by atoms with E-state index in [4.69, 9.17) is 11.6 Å². The molecule has 0 aliphatic carbocycles. The molecule has 1 N–H and O–H groups in total. The average molecular weight is 494 g/mol. The van der Waals surface area contributed by atoms with Crippen molar-refractivity contribution in [3.8, 4) is 0 Å². The fourth-order valence-electron chi connectivity index (χ4n) is 4.00. The highest BCUT2D eigenvalue weighted by atomic mass is 35.5. The van der Waals surface area contributed by atoms with Crippen molar-refractivity contribution >= 4 is 51.8 Å². The van der Waals surface area contributed by atoms with Crippen LogP contribution in [0.3, 0.4) is 0 Å². The lowest BCUT2D eigenvalue weighted by atomic mass is 10.2. The molecular formula is C24H24ClN7OS. The van der Waals surface area contributed by atoms with Crippen molar-refractivity contribution < 1.29 is 4.79 Å². The molecule has 34 heavy (non-hydrogen) atoms. The number of nitrogens with one attached hydrogen (secondary N) is 1. The van der Waals surface area contributed by atoms with E-state index in [1.807, 2.05) is 61.8 Å². The number of benzene rings is 2. The molecule has 1 aliphatic heterocycles. The molecule has 3 heterocycles. The lowest BCUT2D eigenvalue weighted by Gasteiger charge is -2.35. The van der Waals surface area contributed by atoms with Gasteiger partial charge in [-0.2, -0.15) is 5.10 Å².